The molecule has 0 saturated carbocycles. The van der Waals surface area contributed by atoms with E-state index in [-0.39, 0.29) is 27.5 Å². The van der Waals surface area contributed by atoms with E-state index in [1.807, 2.05) is 0 Å². The fourth-order valence-electron chi connectivity index (χ4n) is 1.44. The number of aromatic hydroxyl groups is 1. The number of phenolic OH excluding ortho intramolecular Hbond substituents is 1. The molecule has 0 aliphatic heterocycles. The molecule has 1 unspecified atom stereocenters. The molecule has 2 N–H and O–H groups in total. The summed E-state index contributed by atoms with van der Waals surface area (Å²) in [5.41, 5.74) is 0. The zero-order chi connectivity index (χ0) is 14.9. The molecule has 0 saturated heterocycles. The van der Waals surface area contributed by atoms with Gasteiger partial charge in [-0.2, -0.15) is 0 Å². The van der Waals surface area contributed by atoms with Gasteiger partial charge in [0.05, 0.1) is 10.3 Å². The maximum atomic E-state index is 13.1. The fraction of sp³-hybridized carbons (Fsp3) is 0.167. The molecule has 1 aliphatic rings. The summed E-state index contributed by atoms with van der Waals surface area (Å²) in [6.45, 7) is 0. The van der Waals surface area contributed by atoms with Crippen LogP contribution in [-0.2, 0) is 0 Å². The first-order chi connectivity index (χ1) is 9.38. The molecular formula is C12H8Cl2F2O2S2. The Bertz CT molecular complexity index is 605. The number of benzene rings is 1. The lowest BCUT2D eigenvalue weighted by Crippen LogP contribution is -2.08. The van der Waals surface area contributed by atoms with Gasteiger partial charge in [-0.1, -0.05) is 44.8 Å². The molecule has 20 heavy (non-hydrogen) atoms. The summed E-state index contributed by atoms with van der Waals surface area (Å²) in [6, 6.07) is 2.21. The molecule has 0 aromatic heterocycles. The van der Waals surface area contributed by atoms with E-state index in [1.54, 1.807) is 0 Å². The normalized spacial score (nSPS) is 19.2. The van der Waals surface area contributed by atoms with Crippen LogP contribution in [-0.4, -0.2) is 15.5 Å². The van der Waals surface area contributed by atoms with Crippen LogP contribution in [0.1, 0.15) is 6.42 Å². The molecule has 1 aromatic rings. The molecule has 108 valence electrons. The van der Waals surface area contributed by atoms with Gasteiger partial charge in [-0.25, -0.2) is 8.78 Å². The van der Waals surface area contributed by atoms with E-state index < -0.39 is 17.4 Å². The highest BCUT2D eigenvalue weighted by atomic mass is 35.5. The Morgan fingerprint density at radius 1 is 1.20 bits per heavy atom. The second-order valence-corrected chi connectivity index (χ2v) is 7.22. The molecule has 0 bridgehead atoms. The van der Waals surface area contributed by atoms with Crippen LogP contribution in [0, 0.1) is 5.82 Å². The van der Waals surface area contributed by atoms with Crippen LogP contribution in [0.15, 0.2) is 39.7 Å². The number of halogens is 4. The van der Waals surface area contributed by atoms with Crippen molar-refractivity contribution >= 4 is 44.8 Å². The van der Waals surface area contributed by atoms with Crippen LogP contribution in [0.2, 0.25) is 5.02 Å². The average Bonchev–Trinajstić information content (AvgIpc) is 2.37. The van der Waals surface area contributed by atoms with E-state index in [0.717, 1.165) is 22.9 Å². The Morgan fingerprint density at radius 3 is 2.60 bits per heavy atom. The zero-order valence-corrected chi connectivity index (χ0v) is 12.9. The van der Waals surface area contributed by atoms with Crippen LogP contribution in [0.4, 0.5) is 8.78 Å². The SMILES string of the molecule is OC1=C(F)C=C(Cl)C(SSc2cc(O)c(F)cc2Cl)C1. The predicted octanol–water partition coefficient (Wildman–Crippen LogP) is 5.56. The number of allylic oxidation sites excluding steroid dienone is 3. The summed E-state index contributed by atoms with van der Waals surface area (Å²) >= 11 is 11.8. The third-order valence-electron chi connectivity index (χ3n) is 2.48. The minimum Gasteiger partial charge on any atom is -0.509 e. The summed E-state index contributed by atoms with van der Waals surface area (Å²) in [5, 5.41) is 18.7. The highest BCUT2D eigenvalue weighted by molar-refractivity contribution is 8.77. The second-order valence-electron chi connectivity index (χ2n) is 3.93. The average molecular weight is 357 g/mol. The summed E-state index contributed by atoms with van der Waals surface area (Å²) in [5.74, 6) is -2.41. The van der Waals surface area contributed by atoms with Crippen molar-refractivity contribution in [2.75, 3.05) is 0 Å². The van der Waals surface area contributed by atoms with Gasteiger partial charge in [-0.15, -0.1) is 0 Å². The van der Waals surface area contributed by atoms with E-state index in [9.17, 15) is 19.0 Å². The van der Waals surface area contributed by atoms with Gasteiger partial charge < -0.3 is 10.2 Å². The van der Waals surface area contributed by atoms with Crippen molar-refractivity contribution in [3.63, 3.8) is 0 Å². The molecule has 0 radical (unpaired) electrons. The Hall–Kier alpha value is -0.560. The third kappa shape index (κ3) is 3.55. The molecule has 0 spiro atoms. The standard InChI is InChI=1S/C12H8Cl2F2O2S2/c13-5-1-7(15)9(17)3-11(5)19-20-12-4-10(18)8(16)2-6(12)14/h1-3,12,17-18H,4H2. The molecule has 0 heterocycles. The van der Waals surface area contributed by atoms with Crippen LogP contribution in [0.25, 0.3) is 0 Å². The van der Waals surface area contributed by atoms with E-state index >= 15 is 0 Å². The van der Waals surface area contributed by atoms with Gasteiger partial charge in [0.2, 0.25) is 0 Å². The first kappa shape index (κ1) is 15.8. The quantitative estimate of drug-likeness (QED) is 0.695. The molecule has 2 nitrogen and oxygen atoms in total. The topological polar surface area (TPSA) is 40.5 Å². The first-order valence-corrected chi connectivity index (χ1v) is 8.31. The minimum atomic E-state index is -0.803. The van der Waals surface area contributed by atoms with Gasteiger partial charge in [0.25, 0.3) is 0 Å². The predicted molar refractivity (Wildman–Crippen MR) is 79.6 cm³/mol. The summed E-state index contributed by atoms with van der Waals surface area (Å²) in [4.78, 5) is 0.453. The molecule has 0 fully saturated rings. The van der Waals surface area contributed by atoms with Gasteiger partial charge >= 0.3 is 0 Å². The largest absolute Gasteiger partial charge is 0.509 e. The molecule has 0 amide bonds. The van der Waals surface area contributed by atoms with Gasteiger partial charge in [0.15, 0.2) is 17.4 Å². The van der Waals surface area contributed by atoms with Crippen molar-refractivity contribution in [2.24, 2.45) is 0 Å². The fourth-order valence-corrected chi connectivity index (χ4v) is 4.80. The van der Waals surface area contributed by atoms with E-state index in [4.69, 9.17) is 23.2 Å². The molecule has 2 rings (SSSR count). The lowest BCUT2D eigenvalue weighted by atomic mass is 10.1. The highest BCUT2D eigenvalue weighted by Gasteiger charge is 2.24. The van der Waals surface area contributed by atoms with Crippen LogP contribution < -0.4 is 0 Å². The van der Waals surface area contributed by atoms with Crippen molar-refractivity contribution < 1.29 is 19.0 Å². The summed E-state index contributed by atoms with van der Waals surface area (Å²) in [6.07, 6.45) is 1.12. The van der Waals surface area contributed by atoms with Crippen LogP contribution in [0.3, 0.4) is 0 Å². The van der Waals surface area contributed by atoms with Crippen LogP contribution >= 0.6 is 44.8 Å². The lowest BCUT2D eigenvalue weighted by molar-refractivity contribution is 0.362. The smallest absolute Gasteiger partial charge is 0.166 e. The van der Waals surface area contributed by atoms with Gasteiger partial charge in [-0.05, 0) is 18.2 Å². The number of phenols is 1. The highest BCUT2D eigenvalue weighted by Crippen LogP contribution is 2.46. The maximum absolute atomic E-state index is 13.1. The Morgan fingerprint density at radius 2 is 1.90 bits per heavy atom. The lowest BCUT2D eigenvalue weighted by Gasteiger charge is -2.18. The Labute approximate surface area is 131 Å². The molecule has 1 aliphatic carbocycles. The van der Waals surface area contributed by atoms with E-state index in [0.29, 0.717) is 4.90 Å². The van der Waals surface area contributed by atoms with Gasteiger partial charge in [-0.3, -0.25) is 0 Å². The second kappa shape index (κ2) is 6.47. The molecule has 1 atom stereocenters. The number of aliphatic hydroxyl groups is 1. The number of hydrogen-bond acceptors (Lipinski definition) is 4. The van der Waals surface area contributed by atoms with Crippen molar-refractivity contribution in [3.8, 4) is 5.75 Å². The number of aliphatic hydroxyl groups excluding tert-OH is 1. The minimum absolute atomic E-state index is 0.0592. The monoisotopic (exact) mass is 356 g/mol. The molecular weight excluding hydrogens is 349 g/mol. The third-order valence-corrected chi connectivity index (χ3v) is 6.20. The molecule has 1 aromatic carbocycles. The van der Waals surface area contributed by atoms with Gasteiger partial charge in [0, 0.05) is 16.3 Å². The van der Waals surface area contributed by atoms with E-state index in [1.165, 1.54) is 16.9 Å². The first-order valence-electron chi connectivity index (χ1n) is 5.34. The zero-order valence-electron chi connectivity index (χ0n) is 9.74. The van der Waals surface area contributed by atoms with Crippen molar-refractivity contribution in [1.29, 1.82) is 0 Å². The summed E-state index contributed by atoms with van der Waals surface area (Å²) < 4.78 is 26.1. The Kier molecular flexibility index (Phi) is 5.12. The van der Waals surface area contributed by atoms with Gasteiger partial charge in [0.1, 0.15) is 5.76 Å². The molecule has 8 heteroatoms. The summed E-state index contributed by atoms with van der Waals surface area (Å²) in [7, 11) is 2.39. The van der Waals surface area contributed by atoms with E-state index in [2.05, 4.69) is 0 Å². The number of hydrogen-bond donors (Lipinski definition) is 2. The Balaban J connectivity index is 2.07. The van der Waals surface area contributed by atoms with Crippen molar-refractivity contribution in [2.45, 2.75) is 16.6 Å². The van der Waals surface area contributed by atoms with Crippen LogP contribution in [0.5, 0.6) is 5.75 Å². The van der Waals surface area contributed by atoms with Crippen molar-refractivity contribution in [1.82, 2.24) is 0 Å². The van der Waals surface area contributed by atoms with Crippen molar-refractivity contribution in [3.05, 3.63) is 45.7 Å². The number of rotatable bonds is 3. The maximum Gasteiger partial charge on any atom is 0.166 e.